The van der Waals surface area contributed by atoms with Gasteiger partial charge in [0.1, 0.15) is 5.58 Å². The number of amides is 2. The summed E-state index contributed by atoms with van der Waals surface area (Å²) < 4.78 is 5.69. The first-order chi connectivity index (χ1) is 9.08. The van der Waals surface area contributed by atoms with Crippen LogP contribution in [-0.4, -0.2) is 6.03 Å². The fourth-order valence-corrected chi connectivity index (χ4v) is 2.19. The molecule has 19 heavy (non-hydrogen) atoms. The molecule has 2 aromatic carbocycles. The number of nitrogen functional groups attached to an aromatic ring is 2. The molecule has 0 aliphatic heterocycles. The molecule has 3 aromatic rings. The van der Waals surface area contributed by atoms with Gasteiger partial charge in [0.2, 0.25) is 0 Å². The van der Waals surface area contributed by atoms with E-state index >= 15 is 0 Å². The van der Waals surface area contributed by atoms with Gasteiger partial charge in [-0.25, -0.2) is 4.79 Å². The van der Waals surface area contributed by atoms with Crippen LogP contribution in [0.5, 0.6) is 0 Å². The summed E-state index contributed by atoms with van der Waals surface area (Å²) in [4.78, 5) is 10.9. The van der Waals surface area contributed by atoms with Crippen molar-refractivity contribution in [2.24, 2.45) is 5.73 Å². The van der Waals surface area contributed by atoms with Gasteiger partial charge in [0, 0.05) is 11.1 Å². The lowest BCUT2D eigenvalue weighted by Crippen LogP contribution is -2.20. The molecule has 3 rings (SSSR count). The van der Waals surface area contributed by atoms with Crippen LogP contribution in [-0.2, 0) is 0 Å². The quantitative estimate of drug-likeness (QED) is 0.499. The van der Waals surface area contributed by atoms with E-state index in [4.69, 9.17) is 21.6 Å². The first-order valence-corrected chi connectivity index (χ1v) is 5.63. The normalized spacial score (nSPS) is 10.9. The van der Waals surface area contributed by atoms with Gasteiger partial charge in [-0.05, 0) is 12.1 Å². The number of carbonyl (C=O) groups is 1. The monoisotopic (exact) mass is 256 g/mol. The lowest BCUT2D eigenvalue weighted by Gasteiger charge is -2.08. The number of primary amides is 1. The van der Waals surface area contributed by atoms with Crippen molar-refractivity contribution in [1.29, 1.82) is 0 Å². The molecule has 0 radical (unpaired) electrons. The van der Waals surface area contributed by atoms with E-state index in [-0.39, 0.29) is 0 Å². The van der Waals surface area contributed by atoms with Crippen LogP contribution in [0, 0.1) is 0 Å². The van der Waals surface area contributed by atoms with Crippen LogP contribution >= 0.6 is 0 Å². The summed E-state index contributed by atoms with van der Waals surface area (Å²) in [6.45, 7) is 0. The Bertz CT molecular complexity index is 807. The molecule has 0 fully saturated rings. The van der Waals surface area contributed by atoms with Crippen molar-refractivity contribution < 1.29 is 9.21 Å². The van der Waals surface area contributed by atoms with E-state index < -0.39 is 6.03 Å². The van der Waals surface area contributed by atoms with Crippen LogP contribution in [0.1, 0.15) is 0 Å². The highest BCUT2D eigenvalue weighted by Gasteiger charge is 2.16. The molecule has 2 amide bonds. The third-order valence-electron chi connectivity index (χ3n) is 2.98. The van der Waals surface area contributed by atoms with Gasteiger partial charge in [-0.1, -0.05) is 18.2 Å². The molecule has 0 saturated carbocycles. The second kappa shape index (κ2) is 3.81. The average molecular weight is 256 g/mol. The second-order valence-electron chi connectivity index (χ2n) is 4.22. The van der Waals surface area contributed by atoms with Crippen LogP contribution < -0.4 is 22.5 Å². The summed E-state index contributed by atoms with van der Waals surface area (Å²) in [5.41, 5.74) is 19.3. The summed E-state index contributed by atoms with van der Waals surface area (Å²) in [6.07, 6.45) is 0. The van der Waals surface area contributed by atoms with Crippen LogP contribution in [0.15, 0.2) is 34.7 Å². The van der Waals surface area contributed by atoms with Crippen molar-refractivity contribution >= 4 is 45.0 Å². The number of hydrogen-bond acceptors (Lipinski definition) is 4. The third-order valence-corrected chi connectivity index (χ3v) is 2.98. The predicted molar refractivity (Wildman–Crippen MR) is 75.8 cm³/mol. The van der Waals surface area contributed by atoms with Gasteiger partial charge >= 0.3 is 6.03 Å². The highest BCUT2D eigenvalue weighted by atomic mass is 16.3. The molecule has 0 spiro atoms. The molecule has 0 unspecified atom stereocenters. The van der Waals surface area contributed by atoms with Gasteiger partial charge in [-0.3, -0.25) is 0 Å². The van der Waals surface area contributed by atoms with Crippen LogP contribution in [0.3, 0.4) is 0 Å². The molecule has 96 valence electrons. The molecule has 0 aliphatic rings. The topological polar surface area (TPSA) is 120 Å². The Morgan fingerprint density at radius 1 is 1.21 bits per heavy atom. The maximum absolute atomic E-state index is 10.9. The minimum atomic E-state index is -0.707. The lowest BCUT2D eigenvalue weighted by atomic mass is 10.1. The first kappa shape index (κ1) is 11.2. The minimum absolute atomic E-state index is 0.305. The number of urea groups is 1. The van der Waals surface area contributed by atoms with Crippen molar-refractivity contribution in [1.82, 2.24) is 0 Å². The van der Waals surface area contributed by atoms with Gasteiger partial charge in [0.05, 0.1) is 16.8 Å². The van der Waals surface area contributed by atoms with E-state index in [9.17, 15) is 4.79 Å². The zero-order chi connectivity index (χ0) is 13.6. The molecule has 0 saturated heterocycles. The highest BCUT2D eigenvalue weighted by molar-refractivity contribution is 6.17. The average Bonchev–Trinajstić information content (AvgIpc) is 2.75. The Labute approximate surface area is 108 Å². The van der Waals surface area contributed by atoms with Crippen LogP contribution in [0.25, 0.3) is 21.9 Å². The largest absolute Gasteiger partial charge is 0.454 e. The lowest BCUT2D eigenvalue weighted by molar-refractivity contribution is 0.259. The summed E-state index contributed by atoms with van der Waals surface area (Å²) in [5.74, 6) is 0. The van der Waals surface area contributed by atoms with Gasteiger partial charge in [-0.2, -0.15) is 0 Å². The van der Waals surface area contributed by atoms with Crippen LogP contribution in [0.4, 0.5) is 21.9 Å². The molecule has 0 atom stereocenters. The molecular formula is C13H12N4O2. The highest BCUT2D eigenvalue weighted by Crippen LogP contribution is 2.39. The van der Waals surface area contributed by atoms with Crippen molar-refractivity contribution in [3.8, 4) is 0 Å². The Kier molecular flexibility index (Phi) is 2.25. The molecule has 0 aliphatic carbocycles. The number of fused-ring (bicyclic) bond motifs is 3. The molecule has 7 N–H and O–H groups in total. The zero-order valence-electron chi connectivity index (χ0n) is 9.94. The summed E-state index contributed by atoms with van der Waals surface area (Å²) in [7, 11) is 0. The number of para-hydroxylation sites is 1. The van der Waals surface area contributed by atoms with E-state index in [1.807, 2.05) is 24.3 Å². The number of furan rings is 1. The standard InChI is InChI=1S/C13H12N4O2/c14-7-5-8(17-13(16)18)11(15)12-10(7)6-3-1-2-4-9(6)19-12/h1-5H,14-15H2,(H3,16,17,18). The number of anilines is 3. The zero-order valence-corrected chi connectivity index (χ0v) is 9.94. The number of nitrogens with one attached hydrogen (secondary N) is 1. The van der Waals surface area contributed by atoms with Gasteiger partial charge in [0.25, 0.3) is 0 Å². The molecule has 6 nitrogen and oxygen atoms in total. The summed E-state index contributed by atoms with van der Waals surface area (Å²) in [6, 6.07) is 8.35. The number of hydrogen-bond donors (Lipinski definition) is 4. The molecule has 1 aromatic heterocycles. The minimum Gasteiger partial charge on any atom is -0.454 e. The summed E-state index contributed by atoms with van der Waals surface area (Å²) in [5, 5.41) is 4.05. The maximum atomic E-state index is 10.9. The molecule has 0 bridgehead atoms. The number of rotatable bonds is 1. The van der Waals surface area contributed by atoms with Crippen molar-refractivity contribution in [3.05, 3.63) is 30.3 Å². The molecule has 1 heterocycles. The molecular weight excluding hydrogens is 244 g/mol. The molecule has 6 heteroatoms. The predicted octanol–water partition coefficient (Wildman–Crippen LogP) is 2.24. The fraction of sp³-hybridized carbons (Fsp3) is 0. The van der Waals surface area contributed by atoms with Gasteiger partial charge < -0.3 is 26.9 Å². The van der Waals surface area contributed by atoms with Gasteiger partial charge in [-0.15, -0.1) is 0 Å². The Balaban J connectivity index is 2.40. The Hall–Kier alpha value is -2.89. The van der Waals surface area contributed by atoms with E-state index in [0.717, 1.165) is 10.8 Å². The SMILES string of the molecule is NC(=O)Nc1cc(N)c2c(oc3ccccc32)c1N. The van der Waals surface area contributed by atoms with Crippen molar-refractivity contribution in [2.45, 2.75) is 0 Å². The third kappa shape index (κ3) is 1.61. The van der Waals surface area contributed by atoms with E-state index in [1.54, 1.807) is 6.07 Å². The van der Waals surface area contributed by atoms with Crippen LogP contribution in [0.2, 0.25) is 0 Å². The first-order valence-electron chi connectivity index (χ1n) is 5.63. The van der Waals surface area contributed by atoms with Crippen molar-refractivity contribution in [3.63, 3.8) is 0 Å². The number of carbonyl (C=O) groups excluding carboxylic acids is 1. The fourth-order valence-electron chi connectivity index (χ4n) is 2.19. The second-order valence-corrected chi connectivity index (χ2v) is 4.22. The number of benzene rings is 2. The maximum Gasteiger partial charge on any atom is 0.316 e. The summed E-state index contributed by atoms with van der Waals surface area (Å²) >= 11 is 0. The van der Waals surface area contributed by atoms with E-state index in [1.165, 1.54) is 0 Å². The van der Waals surface area contributed by atoms with E-state index in [2.05, 4.69) is 5.32 Å². The Morgan fingerprint density at radius 3 is 2.68 bits per heavy atom. The Morgan fingerprint density at radius 2 is 1.95 bits per heavy atom. The number of nitrogens with two attached hydrogens (primary N) is 3. The van der Waals surface area contributed by atoms with E-state index in [0.29, 0.717) is 28.2 Å². The van der Waals surface area contributed by atoms with Gasteiger partial charge in [0.15, 0.2) is 5.58 Å². The van der Waals surface area contributed by atoms with Crippen molar-refractivity contribution in [2.75, 3.05) is 16.8 Å². The smallest absolute Gasteiger partial charge is 0.316 e.